The number of aromatic nitrogens is 1. The van der Waals surface area contributed by atoms with Gasteiger partial charge < -0.3 is 19.9 Å². The molecule has 240 valence electrons. The summed E-state index contributed by atoms with van der Waals surface area (Å²) < 4.78 is 31.5. The second kappa shape index (κ2) is 14.2. The summed E-state index contributed by atoms with van der Waals surface area (Å²) in [5.74, 6) is 0.0595. The van der Waals surface area contributed by atoms with Crippen molar-refractivity contribution in [1.82, 2.24) is 10.5 Å². The number of nitrogens with two attached hydrogens (primary N) is 1. The van der Waals surface area contributed by atoms with Crippen LogP contribution in [0.4, 0.5) is 15.8 Å². The molecule has 0 aliphatic heterocycles. The summed E-state index contributed by atoms with van der Waals surface area (Å²) in [5, 5.41) is 9.28. The molecule has 3 aromatic carbocycles. The molecule has 1 saturated carbocycles. The second-order valence-electron chi connectivity index (χ2n) is 11.0. The van der Waals surface area contributed by atoms with Gasteiger partial charge in [-0.1, -0.05) is 12.8 Å². The number of amides is 3. The number of ether oxygens (including phenoxy) is 3. The first-order valence-corrected chi connectivity index (χ1v) is 15.0. The van der Waals surface area contributed by atoms with Crippen molar-refractivity contribution < 1.29 is 38.2 Å². The predicted octanol–water partition coefficient (Wildman–Crippen LogP) is 5.94. The van der Waals surface area contributed by atoms with Crippen LogP contribution >= 0.6 is 0 Å². The maximum Gasteiger partial charge on any atom is 0.247 e. The summed E-state index contributed by atoms with van der Waals surface area (Å²) >= 11 is 0. The van der Waals surface area contributed by atoms with Gasteiger partial charge in [-0.15, -0.1) is 0 Å². The van der Waals surface area contributed by atoms with Gasteiger partial charge in [0.1, 0.15) is 22.7 Å². The highest BCUT2D eigenvalue weighted by molar-refractivity contribution is 6.16. The number of nitrogens with one attached hydrogen (secondary N) is 1. The normalized spacial score (nSPS) is 13.1. The molecule has 0 unspecified atom stereocenters. The highest BCUT2D eigenvalue weighted by Gasteiger charge is 2.57. The van der Waals surface area contributed by atoms with Crippen LogP contribution in [0, 0.1) is 11.2 Å². The van der Waals surface area contributed by atoms with Gasteiger partial charge in [-0.2, -0.15) is 0 Å². The van der Waals surface area contributed by atoms with Crippen LogP contribution in [-0.4, -0.2) is 41.6 Å². The number of nitrogens with zero attached hydrogens (tertiary/aromatic N) is 2. The van der Waals surface area contributed by atoms with Crippen LogP contribution in [0.25, 0.3) is 10.9 Å². The van der Waals surface area contributed by atoms with Gasteiger partial charge in [0.15, 0.2) is 11.5 Å². The monoisotopic (exact) mass is 630 g/mol. The highest BCUT2D eigenvalue weighted by atomic mass is 19.1. The van der Waals surface area contributed by atoms with E-state index in [0.717, 1.165) is 19.3 Å². The second-order valence-corrected chi connectivity index (χ2v) is 11.0. The summed E-state index contributed by atoms with van der Waals surface area (Å²) in [5.41, 5.74) is 7.45. The standard InChI is InChI=1S/C34H35FN4O7/c1-44-29-21-27-26(20-30(29)45-19-5-3-2-4-6-31(40)38-43)28(15-18-37-27)46-25-13-11-24(12-14-25)39(23-9-7-22(35)8-10-23)33(42)34(16-17-34)32(36)41/h7-15,18,20-21,43H,2-6,16-17,19H2,1H3,(H2,36,41)(H,38,40). The summed E-state index contributed by atoms with van der Waals surface area (Å²) in [6.07, 6.45) is 5.74. The molecule has 0 spiro atoms. The van der Waals surface area contributed by atoms with Crippen molar-refractivity contribution in [3.63, 3.8) is 0 Å². The van der Waals surface area contributed by atoms with Crippen LogP contribution in [-0.2, 0) is 14.4 Å². The van der Waals surface area contributed by atoms with Crippen LogP contribution in [0.1, 0.15) is 44.9 Å². The number of primary amides is 1. The quantitative estimate of drug-likeness (QED) is 0.0631. The Morgan fingerprint density at radius 3 is 2.24 bits per heavy atom. The number of hydroxylamine groups is 1. The van der Waals surface area contributed by atoms with Gasteiger partial charge in [0.2, 0.25) is 17.7 Å². The molecule has 0 radical (unpaired) electrons. The number of carbonyl (C=O) groups excluding carboxylic acids is 3. The first-order chi connectivity index (χ1) is 22.3. The molecular formula is C34H35FN4O7. The lowest BCUT2D eigenvalue weighted by Gasteiger charge is -2.26. The van der Waals surface area contributed by atoms with E-state index in [1.807, 2.05) is 6.07 Å². The fourth-order valence-electron chi connectivity index (χ4n) is 5.14. The maximum absolute atomic E-state index is 13.7. The lowest BCUT2D eigenvalue weighted by atomic mass is 10.0. The average Bonchev–Trinajstić information content (AvgIpc) is 3.88. The molecule has 46 heavy (non-hydrogen) atoms. The van der Waals surface area contributed by atoms with Crippen molar-refractivity contribution in [2.24, 2.45) is 11.1 Å². The summed E-state index contributed by atoms with van der Waals surface area (Å²) in [6, 6.07) is 17.5. The Bertz CT molecular complexity index is 1710. The van der Waals surface area contributed by atoms with E-state index in [-0.39, 0.29) is 6.42 Å². The van der Waals surface area contributed by atoms with E-state index >= 15 is 0 Å². The van der Waals surface area contributed by atoms with Crippen LogP contribution in [0.3, 0.4) is 0 Å². The zero-order valence-electron chi connectivity index (χ0n) is 25.3. The number of rotatable bonds is 15. The number of pyridine rings is 1. The molecule has 3 amide bonds. The molecule has 1 aromatic heterocycles. The molecular weight excluding hydrogens is 595 g/mol. The summed E-state index contributed by atoms with van der Waals surface area (Å²) in [7, 11) is 1.55. The molecule has 0 bridgehead atoms. The van der Waals surface area contributed by atoms with Crippen molar-refractivity contribution in [3.05, 3.63) is 78.7 Å². The van der Waals surface area contributed by atoms with Crippen LogP contribution in [0.15, 0.2) is 72.9 Å². The molecule has 12 heteroatoms. The van der Waals surface area contributed by atoms with Crippen molar-refractivity contribution in [2.45, 2.75) is 44.9 Å². The number of methoxy groups -OCH3 is 1. The molecule has 1 fully saturated rings. The van der Waals surface area contributed by atoms with Gasteiger partial charge in [0.25, 0.3) is 0 Å². The zero-order chi connectivity index (χ0) is 32.7. The lowest BCUT2D eigenvalue weighted by molar-refractivity contribution is -0.133. The number of benzene rings is 3. The van der Waals surface area contributed by atoms with E-state index in [1.54, 1.807) is 55.2 Å². The van der Waals surface area contributed by atoms with Crippen molar-refractivity contribution in [2.75, 3.05) is 18.6 Å². The van der Waals surface area contributed by atoms with Crippen LogP contribution in [0.5, 0.6) is 23.0 Å². The molecule has 1 aliphatic rings. The number of hydrogen-bond acceptors (Lipinski definition) is 8. The maximum atomic E-state index is 13.7. The van der Waals surface area contributed by atoms with E-state index in [4.69, 9.17) is 25.2 Å². The number of hydrogen-bond donors (Lipinski definition) is 3. The number of halogens is 1. The highest BCUT2D eigenvalue weighted by Crippen LogP contribution is 2.49. The third-order valence-electron chi connectivity index (χ3n) is 7.91. The first kappa shape index (κ1) is 32.2. The van der Waals surface area contributed by atoms with Crippen LogP contribution < -0.4 is 30.3 Å². The Morgan fingerprint density at radius 2 is 1.61 bits per heavy atom. The van der Waals surface area contributed by atoms with E-state index in [9.17, 15) is 18.8 Å². The topological polar surface area (TPSA) is 153 Å². The van der Waals surface area contributed by atoms with Crippen LogP contribution in [0.2, 0.25) is 0 Å². The van der Waals surface area contributed by atoms with Gasteiger partial charge in [-0.25, -0.2) is 9.87 Å². The minimum Gasteiger partial charge on any atom is -0.493 e. The molecule has 1 aliphatic carbocycles. The van der Waals surface area contributed by atoms with Gasteiger partial charge in [0.05, 0.1) is 19.2 Å². The molecule has 11 nitrogen and oxygen atoms in total. The molecule has 0 atom stereocenters. The first-order valence-electron chi connectivity index (χ1n) is 15.0. The van der Waals surface area contributed by atoms with Gasteiger partial charge in [0, 0.05) is 35.4 Å². The molecule has 4 aromatic rings. The summed E-state index contributed by atoms with van der Waals surface area (Å²) in [6.45, 7) is 0.437. The third kappa shape index (κ3) is 7.18. The number of fused-ring (bicyclic) bond motifs is 1. The van der Waals surface area contributed by atoms with E-state index in [1.165, 1.54) is 29.2 Å². The Morgan fingerprint density at radius 1 is 0.935 bits per heavy atom. The molecule has 1 heterocycles. The predicted molar refractivity (Wildman–Crippen MR) is 168 cm³/mol. The minimum atomic E-state index is -1.28. The zero-order valence-corrected chi connectivity index (χ0v) is 25.3. The van der Waals surface area contributed by atoms with Gasteiger partial charge >= 0.3 is 0 Å². The van der Waals surface area contributed by atoms with Crippen molar-refractivity contribution >= 4 is 40.0 Å². The largest absolute Gasteiger partial charge is 0.493 e. The number of unbranched alkanes of at least 4 members (excludes halogenated alkanes) is 3. The Labute approximate surface area is 265 Å². The van der Waals surface area contributed by atoms with E-state index in [0.29, 0.717) is 71.1 Å². The minimum absolute atomic E-state index is 0.273. The summed E-state index contributed by atoms with van der Waals surface area (Å²) in [4.78, 5) is 42.7. The lowest BCUT2D eigenvalue weighted by Crippen LogP contribution is -2.41. The number of carbonyl (C=O) groups is 3. The Balaban J connectivity index is 1.32. The Hall–Kier alpha value is -5.23. The van der Waals surface area contributed by atoms with Gasteiger partial charge in [-0.3, -0.25) is 29.5 Å². The number of anilines is 2. The smallest absolute Gasteiger partial charge is 0.247 e. The fourth-order valence-corrected chi connectivity index (χ4v) is 5.14. The fraction of sp³-hybridized carbons (Fsp3) is 0.294. The molecule has 4 N–H and O–H groups in total. The molecule has 0 saturated heterocycles. The van der Waals surface area contributed by atoms with Gasteiger partial charge in [-0.05, 0) is 86.3 Å². The van der Waals surface area contributed by atoms with E-state index < -0.39 is 29.0 Å². The Kier molecular flexibility index (Phi) is 9.97. The van der Waals surface area contributed by atoms with E-state index in [2.05, 4.69) is 4.98 Å². The van der Waals surface area contributed by atoms with Crippen molar-refractivity contribution in [3.8, 4) is 23.0 Å². The SMILES string of the molecule is COc1cc2nccc(Oc3ccc(N(C(=O)C4(C(N)=O)CC4)c4ccc(F)cc4)cc3)c2cc1OCCCCCCC(=O)NO. The van der Waals surface area contributed by atoms with Crippen molar-refractivity contribution in [1.29, 1.82) is 0 Å². The third-order valence-corrected chi connectivity index (χ3v) is 7.91. The average molecular weight is 631 g/mol. The molecule has 5 rings (SSSR count).